The van der Waals surface area contributed by atoms with Crippen LogP contribution in [0.5, 0.6) is 0 Å². The molecule has 0 radical (unpaired) electrons. The van der Waals surface area contributed by atoms with Gasteiger partial charge >= 0.3 is 5.97 Å². The summed E-state index contributed by atoms with van der Waals surface area (Å²) in [4.78, 5) is 11.9. The molecule has 0 unspecified atom stereocenters. The van der Waals surface area contributed by atoms with E-state index in [9.17, 15) is 4.79 Å². The quantitative estimate of drug-likeness (QED) is 0.839. The Morgan fingerprint density at radius 3 is 2.95 bits per heavy atom. The molecule has 0 aliphatic rings. The van der Waals surface area contributed by atoms with Crippen LogP contribution in [0.3, 0.4) is 0 Å². The highest BCUT2D eigenvalue weighted by atomic mass is 79.9. The van der Waals surface area contributed by atoms with Gasteiger partial charge in [-0.3, -0.25) is 4.68 Å². The van der Waals surface area contributed by atoms with Crippen LogP contribution in [0, 0.1) is 6.92 Å². The number of anilines is 1. The van der Waals surface area contributed by atoms with E-state index in [-0.39, 0.29) is 5.97 Å². The van der Waals surface area contributed by atoms with Crippen LogP contribution in [0.25, 0.3) is 0 Å². The van der Waals surface area contributed by atoms with Crippen molar-refractivity contribution in [3.63, 3.8) is 0 Å². The first-order valence-corrected chi connectivity index (χ1v) is 7.50. The Bertz CT molecular complexity index is 652. The molecular formula is C15H18BrN3O2. The van der Waals surface area contributed by atoms with Crippen molar-refractivity contribution in [2.45, 2.75) is 20.4 Å². The summed E-state index contributed by atoms with van der Waals surface area (Å²) in [6.45, 7) is 4.67. The number of ether oxygens (including phenoxy) is 1. The zero-order valence-electron chi connectivity index (χ0n) is 12.3. The molecule has 0 amide bonds. The van der Waals surface area contributed by atoms with Crippen LogP contribution >= 0.6 is 15.9 Å². The molecule has 6 heteroatoms. The van der Waals surface area contributed by atoms with Crippen molar-refractivity contribution >= 4 is 27.6 Å². The van der Waals surface area contributed by atoms with Gasteiger partial charge in [0.1, 0.15) is 5.56 Å². The first-order valence-electron chi connectivity index (χ1n) is 6.71. The molecule has 5 nitrogen and oxygen atoms in total. The number of nitrogens with one attached hydrogen (secondary N) is 1. The first-order chi connectivity index (χ1) is 10.0. The number of esters is 1. The second kappa shape index (κ2) is 6.76. The van der Waals surface area contributed by atoms with Gasteiger partial charge in [0.05, 0.1) is 25.0 Å². The van der Waals surface area contributed by atoms with Crippen LogP contribution in [0.4, 0.5) is 5.69 Å². The fourth-order valence-electron chi connectivity index (χ4n) is 2.03. The predicted octanol–water partition coefficient (Wildman–Crippen LogP) is 3.28. The van der Waals surface area contributed by atoms with Crippen LogP contribution in [-0.4, -0.2) is 22.4 Å². The number of aryl methyl sites for hydroxylation is 1. The largest absolute Gasteiger partial charge is 0.462 e. The third-order valence-electron chi connectivity index (χ3n) is 3.27. The third kappa shape index (κ3) is 3.44. The van der Waals surface area contributed by atoms with Crippen LogP contribution in [0.15, 0.2) is 28.9 Å². The molecular weight excluding hydrogens is 334 g/mol. The molecule has 112 valence electrons. The lowest BCUT2D eigenvalue weighted by Crippen LogP contribution is -2.12. The second-order valence-electron chi connectivity index (χ2n) is 4.61. The summed E-state index contributed by atoms with van der Waals surface area (Å²) in [6, 6.07) is 5.96. The minimum Gasteiger partial charge on any atom is -0.462 e. The van der Waals surface area contributed by atoms with Crippen molar-refractivity contribution in [1.82, 2.24) is 9.78 Å². The summed E-state index contributed by atoms with van der Waals surface area (Å²) in [7, 11) is 1.81. The van der Waals surface area contributed by atoms with Crippen LogP contribution < -0.4 is 5.32 Å². The molecule has 1 aromatic carbocycles. The second-order valence-corrected chi connectivity index (χ2v) is 5.47. The maximum Gasteiger partial charge on any atom is 0.341 e. The smallest absolute Gasteiger partial charge is 0.341 e. The molecule has 2 rings (SSSR count). The topological polar surface area (TPSA) is 56.1 Å². The van der Waals surface area contributed by atoms with Gasteiger partial charge in [-0.15, -0.1) is 0 Å². The van der Waals surface area contributed by atoms with Crippen molar-refractivity contribution in [3.05, 3.63) is 45.7 Å². The van der Waals surface area contributed by atoms with E-state index in [1.807, 2.05) is 32.2 Å². The molecule has 0 fully saturated rings. The zero-order chi connectivity index (χ0) is 15.4. The number of carbonyl (C=O) groups is 1. The third-order valence-corrected chi connectivity index (χ3v) is 4.13. The van der Waals surface area contributed by atoms with Crippen molar-refractivity contribution in [1.29, 1.82) is 0 Å². The molecule has 2 aromatic rings. The highest BCUT2D eigenvalue weighted by molar-refractivity contribution is 9.10. The standard InChI is InChI=1S/C15H18BrN3O2/c1-4-21-15(20)11-8-18-19(3)14(11)9-17-13-7-5-6-12(16)10(13)2/h5-8,17H,4,9H2,1-3H3. The minimum atomic E-state index is -0.339. The average molecular weight is 352 g/mol. The summed E-state index contributed by atoms with van der Waals surface area (Å²) in [5.41, 5.74) is 3.44. The lowest BCUT2D eigenvalue weighted by molar-refractivity contribution is 0.0525. The summed E-state index contributed by atoms with van der Waals surface area (Å²) in [6.07, 6.45) is 1.54. The Morgan fingerprint density at radius 1 is 1.48 bits per heavy atom. The highest BCUT2D eigenvalue weighted by Crippen LogP contribution is 2.24. The van der Waals surface area contributed by atoms with Crippen molar-refractivity contribution in [2.75, 3.05) is 11.9 Å². The molecule has 0 aliphatic carbocycles. The van der Waals surface area contributed by atoms with Gasteiger partial charge in [0.2, 0.25) is 0 Å². The van der Waals surface area contributed by atoms with Crippen LogP contribution in [0.2, 0.25) is 0 Å². The normalized spacial score (nSPS) is 10.5. The molecule has 21 heavy (non-hydrogen) atoms. The molecule has 1 N–H and O–H groups in total. The Hall–Kier alpha value is -1.82. The van der Waals surface area contributed by atoms with E-state index in [0.717, 1.165) is 21.4 Å². The van der Waals surface area contributed by atoms with Crippen molar-refractivity contribution < 1.29 is 9.53 Å². The number of benzene rings is 1. The SMILES string of the molecule is CCOC(=O)c1cnn(C)c1CNc1cccc(Br)c1C. The van der Waals surface area contributed by atoms with E-state index in [1.165, 1.54) is 0 Å². The van der Waals surface area contributed by atoms with Gasteiger partial charge < -0.3 is 10.1 Å². The Balaban J connectivity index is 2.18. The van der Waals surface area contributed by atoms with E-state index >= 15 is 0 Å². The monoisotopic (exact) mass is 351 g/mol. The molecule has 0 spiro atoms. The van der Waals surface area contributed by atoms with Gasteiger partial charge in [-0.25, -0.2) is 4.79 Å². The van der Waals surface area contributed by atoms with Gasteiger partial charge in [-0.05, 0) is 31.5 Å². The molecule has 1 heterocycles. The highest BCUT2D eigenvalue weighted by Gasteiger charge is 2.17. The lowest BCUT2D eigenvalue weighted by Gasteiger charge is -2.12. The van der Waals surface area contributed by atoms with E-state index in [1.54, 1.807) is 17.8 Å². The van der Waals surface area contributed by atoms with Gasteiger partial charge in [-0.1, -0.05) is 22.0 Å². The Kier molecular flexibility index (Phi) is 5.01. The van der Waals surface area contributed by atoms with Gasteiger partial charge in [0, 0.05) is 17.2 Å². The van der Waals surface area contributed by atoms with E-state index in [2.05, 4.69) is 26.3 Å². The van der Waals surface area contributed by atoms with E-state index in [4.69, 9.17) is 4.74 Å². The summed E-state index contributed by atoms with van der Waals surface area (Å²) in [5.74, 6) is -0.339. The molecule has 1 aromatic heterocycles. The predicted molar refractivity (Wildman–Crippen MR) is 85.4 cm³/mol. The number of rotatable bonds is 5. The van der Waals surface area contributed by atoms with Crippen molar-refractivity contribution in [3.8, 4) is 0 Å². The Morgan fingerprint density at radius 2 is 2.24 bits per heavy atom. The fourth-order valence-corrected chi connectivity index (χ4v) is 2.40. The number of aromatic nitrogens is 2. The maximum absolute atomic E-state index is 11.9. The van der Waals surface area contributed by atoms with E-state index < -0.39 is 0 Å². The summed E-state index contributed by atoms with van der Waals surface area (Å²) in [5, 5.41) is 7.47. The fraction of sp³-hybridized carbons (Fsp3) is 0.333. The van der Waals surface area contributed by atoms with Crippen molar-refractivity contribution in [2.24, 2.45) is 7.05 Å². The number of carbonyl (C=O) groups excluding carboxylic acids is 1. The minimum absolute atomic E-state index is 0.339. The maximum atomic E-state index is 11.9. The molecule has 0 bridgehead atoms. The number of nitrogens with zero attached hydrogens (tertiary/aromatic N) is 2. The number of halogens is 1. The molecule has 0 saturated carbocycles. The molecule has 0 atom stereocenters. The lowest BCUT2D eigenvalue weighted by atomic mass is 10.2. The van der Waals surface area contributed by atoms with Gasteiger partial charge in [-0.2, -0.15) is 5.10 Å². The zero-order valence-corrected chi connectivity index (χ0v) is 13.9. The Labute approximate surface area is 132 Å². The first kappa shape index (κ1) is 15.6. The molecule has 0 saturated heterocycles. The molecule has 0 aliphatic heterocycles. The number of hydrogen-bond acceptors (Lipinski definition) is 4. The summed E-state index contributed by atoms with van der Waals surface area (Å²) < 4.78 is 7.78. The van der Waals surface area contributed by atoms with E-state index in [0.29, 0.717) is 18.7 Å². The van der Waals surface area contributed by atoms with Gasteiger partial charge in [0.25, 0.3) is 0 Å². The summed E-state index contributed by atoms with van der Waals surface area (Å²) >= 11 is 3.51. The number of hydrogen-bond donors (Lipinski definition) is 1. The van der Waals surface area contributed by atoms with Crippen LogP contribution in [0.1, 0.15) is 28.5 Å². The van der Waals surface area contributed by atoms with Gasteiger partial charge in [0.15, 0.2) is 0 Å². The van der Waals surface area contributed by atoms with Crippen LogP contribution in [-0.2, 0) is 18.3 Å². The average Bonchev–Trinajstić information content (AvgIpc) is 2.82.